The molecule has 1 fully saturated rings. The molecule has 1 aromatic carbocycles. The van der Waals surface area contributed by atoms with Gasteiger partial charge in [-0.05, 0) is 24.1 Å². The van der Waals surface area contributed by atoms with E-state index in [4.69, 9.17) is 19.8 Å². The first-order valence-electron chi connectivity index (χ1n) is 9.88. The standard InChI is InChI=1S/C16H18F2N4.2C2HF3O2/c17-14-2-1-13(11-15(14)18)3-6-21-7-9-22(10-8-21)16-12-19-4-5-20-16;2*3-2(4,5)1(6)7/h1-2,4-5,11-12H,3,6-10H2;2*(H,6,7). The van der Waals surface area contributed by atoms with Crippen LogP contribution in [0.15, 0.2) is 36.8 Å². The fraction of sp³-hybridized carbons (Fsp3) is 0.400. The van der Waals surface area contributed by atoms with E-state index < -0.39 is 35.9 Å². The minimum Gasteiger partial charge on any atom is -0.475 e. The Morgan fingerprint density at radius 3 is 1.81 bits per heavy atom. The van der Waals surface area contributed by atoms with Crippen LogP contribution in [-0.2, 0) is 16.0 Å². The molecule has 0 bridgehead atoms. The van der Waals surface area contributed by atoms with Gasteiger partial charge in [0.1, 0.15) is 5.82 Å². The Morgan fingerprint density at radius 1 is 0.861 bits per heavy atom. The molecule has 2 aromatic rings. The zero-order valence-electron chi connectivity index (χ0n) is 18.2. The van der Waals surface area contributed by atoms with E-state index in [1.165, 1.54) is 12.1 Å². The molecule has 0 saturated carbocycles. The van der Waals surface area contributed by atoms with Crippen molar-refractivity contribution in [1.82, 2.24) is 14.9 Å². The van der Waals surface area contributed by atoms with Gasteiger partial charge in [0.2, 0.25) is 0 Å². The number of piperazine rings is 1. The van der Waals surface area contributed by atoms with Gasteiger partial charge in [-0.3, -0.25) is 9.88 Å². The van der Waals surface area contributed by atoms with E-state index in [9.17, 15) is 35.1 Å². The lowest BCUT2D eigenvalue weighted by Gasteiger charge is -2.35. The molecule has 8 nitrogen and oxygen atoms in total. The summed E-state index contributed by atoms with van der Waals surface area (Å²) in [6, 6.07) is 4.12. The Balaban J connectivity index is 0.000000383. The number of carboxylic acids is 2. The molecule has 0 radical (unpaired) electrons. The second-order valence-corrected chi connectivity index (χ2v) is 7.00. The molecule has 0 unspecified atom stereocenters. The van der Waals surface area contributed by atoms with Gasteiger partial charge in [-0.2, -0.15) is 26.3 Å². The number of alkyl halides is 6. The molecule has 200 valence electrons. The zero-order chi connectivity index (χ0) is 27.5. The van der Waals surface area contributed by atoms with E-state index in [2.05, 4.69) is 19.8 Å². The van der Waals surface area contributed by atoms with Gasteiger partial charge in [-0.15, -0.1) is 0 Å². The van der Waals surface area contributed by atoms with E-state index in [1.54, 1.807) is 24.7 Å². The van der Waals surface area contributed by atoms with E-state index in [0.717, 1.165) is 50.5 Å². The Morgan fingerprint density at radius 2 is 1.39 bits per heavy atom. The molecule has 2 heterocycles. The third-order valence-electron chi connectivity index (χ3n) is 4.43. The van der Waals surface area contributed by atoms with Crippen LogP contribution in [0.2, 0.25) is 0 Å². The summed E-state index contributed by atoms with van der Waals surface area (Å²) >= 11 is 0. The van der Waals surface area contributed by atoms with Crippen molar-refractivity contribution in [2.24, 2.45) is 0 Å². The summed E-state index contributed by atoms with van der Waals surface area (Å²) in [5.41, 5.74) is 0.829. The molecule has 36 heavy (non-hydrogen) atoms. The highest BCUT2D eigenvalue weighted by molar-refractivity contribution is 5.73. The maximum absolute atomic E-state index is 13.2. The van der Waals surface area contributed by atoms with Crippen LogP contribution in [0.25, 0.3) is 0 Å². The smallest absolute Gasteiger partial charge is 0.475 e. The predicted octanol–water partition coefficient (Wildman–Crippen LogP) is 3.39. The molecule has 1 aromatic heterocycles. The molecule has 0 atom stereocenters. The fourth-order valence-electron chi connectivity index (χ4n) is 2.64. The number of carboxylic acid groups (broad SMARTS) is 2. The lowest BCUT2D eigenvalue weighted by atomic mass is 10.1. The highest BCUT2D eigenvalue weighted by Crippen LogP contribution is 2.15. The van der Waals surface area contributed by atoms with Crippen molar-refractivity contribution < 1.29 is 54.9 Å². The van der Waals surface area contributed by atoms with Gasteiger partial charge in [-0.1, -0.05) is 6.07 Å². The van der Waals surface area contributed by atoms with Gasteiger partial charge in [0.15, 0.2) is 11.6 Å². The first kappa shape index (κ1) is 30.5. The van der Waals surface area contributed by atoms with Crippen molar-refractivity contribution >= 4 is 17.8 Å². The number of hydrogen-bond acceptors (Lipinski definition) is 6. The number of hydrogen-bond donors (Lipinski definition) is 2. The number of nitrogens with zero attached hydrogens (tertiary/aromatic N) is 4. The van der Waals surface area contributed by atoms with E-state index in [0.29, 0.717) is 0 Å². The van der Waals surface area contributed by atoms with Gasteiger partial charge < -0.3 is 15.1 Å². The van der Waals surface area contributed by atoms with Gasteiger partial charge in [0.05, 0.1) is 6.20 Å². The lowest BCUT2D eigenvalue weighted by molar-refractivity contribution is -0.193. The molecule has 0 amide bonds. The minimum absolute atomic E-state index is 0.725. The van der Waals surface area contributed by atoms with Crippen LogP contribution in [0.4, 0.5) is 40.9 Å². The molecule has 1 aliphatic rings. The number of rotatable bonds is 4. The summed E-state index contributed by atoms with van der Waals surface area (Å²) in [6.45, 7) is 4.51. The normalized spacial score (nSPS) is 14.2. The summed E-state index contributed by atoms with van der Waals surface area (Å²) in [6.07, 6.45) is -4.30. The summed E-state index contributed by atoms with van der Waals surface area (Å²) in [4.78, 5) is 30.7. The second-order valence-electron chi connectivity index (χ2n) is 7.00. The molecular formula is C20H20F8N4O4. The van der Waals surface area contributed by atoms with Crippen molar-refractivity contribution in [3.8, 4) is 0 Å². The predicted molar refractivity (Wildman–Crippen MR) is 108 cm³/mol. The van der Waals surface area contributed by atoms with Gasteiger partial charge >= 0.3 is 24.3 Å². The Bertz CT molecular complexity index is 958. The average molecular weight is 532 g/mol. The van der Waals surface area contributed by atoms with Crippen molar-refractivity contribution in [1.29, 1.82) is 0 Å². The summed E-state index contributed by atoms with van der Waals surface area (Å²) in [5.74, 6) is -6.17. The number of benzene rings is 1. The maximum Gasteiger partial charge on any atom is 0.490 e. The third-order valence-corrected chi connectivity index (χ3v) is 4.43. The lowest BCUT2D eigenvalue weighted by Crippen LogP contribution is -2.47. The van der Waals surface area contributed by atoms with Gasteiger partial charge in [0, 0.05) is 45.1 Å². The number of aliphatic carboxylic acids is 2. The second kappa shape index (κ2) is 13.5. The Hall–Kier alpha value is -3.56. The quantitative estimate of drug-likeness (QED) is 0.578. The Kier molecular flexibility index (Phi) is 11.4. The van der Waals surface area contributed by atoms with Crippen LogP contribution in [0, 0.1) is 11.6 Å². The van der Waals surface area contributed by atoms with Crippen LogP contribution in [0.3, 0.4) is 0 Å². The van der Waals surface area contributed by atoms with Crippen molar-refractivity contribution in [3.05, 3.63) is 54.0 Å². The minimum atomic E-state index is -5.08. The van der Waals surface area contributed by atoms with E-state index in [-0.39, 0.29) is 0 Å². The van der Waals surface area contributed by atoms with Crippen molar-refractivity contribution in [3.63, 3.8) is 0 Å². The molecule has 1 aliphatic heterocycles. The third kappa shape index (κ3) is 11.2. The molecule has 2 N–H and O–H groups in total. The van der Waals surface area contributed by atoms with Crippen molar-refractivity contribution in [2.45, 2.75) is 18.8 Å². The highest BCUT2D eigenvalue weighted by atomic mass is 19.4. The largest absolute Gasteiger partial charge is 0.490 e. The van der Waals surface area contributed by atoms with Crippen LogP contribution >= 0.6 is 0 Å². The first-order valence-corrected chi connectivity index (χ1v) is 9.88. The molecule has 0 aliphatic carbocycles. The first-order chi connectivity index (χ1) is 16.6. The average Bonchev–Trinajstić information content (AvgIpc) is 2.80. The van der Waals surface area contributed by atoms with Crippen LogP contribution in [-0.4, -0.2) is 82.1 Å². The monoisotopic (exact) mass is 532 g/mol. The number of anilines is 1. The fourth-order valence-corrected chi connectivity index (χ4v) is 2.64. The topological polar surface area (TPSA) is 107 Å². The number of carbonyl (C=O) groups is 2. The van der Waals surface area contributed by atoms with Gasteiger partial charge in [0.25, 0.3) is 0 Å². The summed E-state index contributed by atoms with van der Waals surface area (Å²) < 4.78 is 89.5. The SMILES string of the molecule is Fc1ccc(CCN2CCN(c3cnccn3)CC2)cc1F.O=C(O)C(F)(F)F.O=C(O)C(F)(F)F. The number of aromatic nitrogens is 2. The molecular weight excluding hydrogens is 512 g/mol. The molecule has 3 rings (SSSR count). The van der Waals surface area contributed by atoms with Crippen LogP contribution < -0.4 is 4.90 Å². The molecule has 1 saturated heterocycles. The zero-order valence-corrected chi connectivity index (χ0v) is 18.2. The molecule has 16 heteroatoms. The van der Waals surface area contributed by atoms with E-state index >= 15 is 0 Å². The van der Waals surface area contributed by atoms with E-state index in [1.807, 2.05) is 0 Å². The highest BCUT2D eigenvalue weighted by Gasteiger charge is 2.38. The number of halogens is 8. The Labute approximate surface area is 198 Å². The van der Waals surface area contributed by atoms with Crippen LogP contribution in [0.5, 0.6) is 0 Å². The van der Waals surface area contributed by atoms with Gasteiger partial charge in [-0.25, -0.2) is 23.4 Å². The van der Waals surface area contributed by atoms with Crippen LogP contribution in [0.1, 0.15) is 5.56 Å². The maximum atomic E-state index is 13.2. The summed E-state index contributed by atoms with van der Waals surface area (Å²) in [7, 11) is 0. The van der Waals surface area contributed by atoms with Crippen molar-refractivity contribution in [2.75, 3.05) is 37.6 Å². The summed E-state index contributed by atoms with van der Waals surface area (Å²) in [5, 5.41) is 14.2. The molecule has 0 spiro atoms.